The van der Waals surface area contributed by atoms with Crippen molar-refractivity contribution in [2.24, 2.45) is 11.3 Å². The van der Waals surface area contributed by atoms with Gasteiger partial charge in [-0.25, -0.2) is 0 Å². The summed E-state index contributed by atoms with van der Waals surface area (Å²) in [5, 5.41) is 5.83. The third kappa shape index (κ3) is 5.30. The van der Waals surface area contributed by atoms with E-state index in [2.05, 4.69) is 31.4 Å². The van der Waals surface area contributed by atoms with Gasteiger partial charge in [0, 0.05) is 36.7 Å². The summed E-state index contributed by atoms with van der Waals surface area (Å²) in [6.07, 6.45) is 1.99. The maximum Gasteiger partial charge on any atom is 0.251 e. The SMILES string of the molecule is CCCNC(=O)c1cccc(C(=O)NC[C@@H]2CCO[C@@H]2C(C)(C)C)c1. The lowest BCUT2D eigenvalue weighted by molar-refractivity contribution is 0.00737. The average Bonchev–Trinajstić information content (AvgIpc) is 3.06. The Labute approximate surface area is 150 Å². The second-order valence-corrected chi connectivity index (χ2v) is 7.75. The Hall–Kier alpha value is -1.88. The summed E-state index contributed by atoms with van der Waals surface area (Å²) in [4.78, 5) is 24.5. The molecule has 5 nitrogen and oxygen atoms in total. The molecule has 1 aromatic rings. The van der Waals surface area contributed by atoms with Gasteiger partial charge in [-0.15, -0.1) is 0 Å². The molecule has 5 heteroatoms. The molecule has 0 aliphatic carbocycles. The van der Waals surface area contributed by atoms with E-state index in [-0.39, 0.29) is 23.3 Å². The van der Waals surface area contributed by atoms with E-state index in [9.17, 15) is 9.59 Å². The molecule has 2 atom stereocenters. The molecule has 0 bridgehead atoms. The topological polar surface area (TPSA) is 67.4 Å². The molecule has 1 aromatic carbocycles. The van der Waals surface area contributed by atoms with E-state index < -0.39 is 0 Å². The first kappa shape index (κ1) is 19.4. The van der Waals surface area contributed by atoms with Crippen LogP contribution >= 0.6 is 0 Å². The monoisotopic (exact) mass is 346 g/mol. The Kier molecular flexibility index (Phi) is 6.59. The van der Waals surface area contributed by atoms with Gasteiger partial charge in [-0.2, -0.15) is 0 Å². The van der Waals surface area contributed by atoms with Crippen molar-refractivity contribution in [3.8, 4) is 0 Å². The number of hydrogen-bond donors (Lipinski definition) is 2. The van der Waals surface area contributed by atoms with Gasteiger partial charge in [-0.3, -0.25) is 9.59 Å². The highest BCUT2D eigenvalue weighted by atomic mass is 16.5. The van der Waals surface area contributed by atoms with Crippen molar-refractivity contribution in [3.05, 3.63) is 35.4 Å². The van der Waals surface area contributed by atoms with Gasteiger partial charge < -0.3 is 15.4 Å². The molecule has 1 aliphatic heterocycles. The van der Waals surface area contributed by atoms with Crippen LogP contribution in [0.2, 0.25) is 0 Å². The molecular formula is C20H30N2O3. The molecule has 2 amide bonds. The minimum absolute atomic E-state index is 0.0587. The number of benzene rings is 1. The largest absolute Gasteiger partial charge is 0.377 e. The number of carbonyl (C=O) groups excluding carboxylic acids is 2. The van der Waals surface area contributed by atoms with Crippen LogP contribution < -0.4 is 10.6 Å². The molecular weight excluding hydrogens is 316 g/mol. The Balaban J connectivity index is 1.96. The molecule has 2 rings (SSSR count). The van der Waals surface area contributed by atoms with Crippen molar-refractivity contribution in [2.75, 3.05) is 19.7 Å². The number of rotatable bonds is 6. The van der Waals surface area contributed by atoms with Crippen LogP contribution in [0.5, 0.6) is 0 Å². The van der Waals surface area contributed by atoms with Gasteiger partial charge in [-0.05, 0) is 36.5 Å². The van der Waals surface area contributed by atoms with Crippen molar-refractivity contribution >= 4 is 11.8 Å². The highest BCUT2D eigenvalue weighted by molar-refractivity contribution is 5.99. The molecule has 1 aliphatic rings. The number of hydrogen-bond acceptors (Lipinski definition) is 3. The van der Waals surface area contributed by atoms with Gasteiger partial charge in [0.1, 0.15) is 0 Å². The molecule has 25 heavy (non-hydrogen) atoms. The summed E-state index contributed by atoms with van der Waals surface area (Å²) in [6, 6.07) is 6.85. The van der Waals surface area contributed by atoms with Crippen molar-refractivity contribution in [3.63, 3.8) is 0 Å². The number of nitrogens with one attached hydrogen (secondary N) is 2. The van der Waals surface area contributed by atoms with E-state index in [1.807, 2.05) is 6.92 Å². The standard InChI is InChI=1S/C20H30N2O3/c1-5-10-21-18(23)14-7-6-8-15(12-14)19(24)22-13-16-9-11-25-17(16)20(2,3)4/h6-8,12,16-17H,5,9-11,13H2,1-4H3,(H,21,23)(H,22,24)/t16-,17-/m0/s1. The first-order valence-corrected chi connectivity index (χ1v) is 9.11. The number of carbonyl (C=O) groups is 2. The van der Waals surface area contributed by atoms with Crippen LogP contribution in [0.1, 0.15) is 61.3 Å². The summed E-state index contributed by atoms with van der Waals surface area (Å²) in [7, 11) is 0. The fourth-order valence-electron chi connectivity index (χ4n) is 3.27. The molecule has 0 unspecified atom stereocenters. The molecule has 0 spiro atoms. The summed E-state index contributed by atoms with van der Waals surface area (Å²) in [5.41, 5.74) is 1.08. The fourth-order valence-corrected chi connectivity index (χ4v) is 3.27. The zero-order valence-corrected chi connectivity index (χ0v) is 15.7. The summed E-state index contributed by atoms with van der Waals surface area (Å²) in [6.45, 7) is 10.5. The van der Waals surface area contributed by atoms with Crippen molar-refractivity contribution in [1.29, 1.82) is 0 Å². The van der Waals surface area contributed by atoms with E-state index in [0.717, 1.165) is 19.4 Å². The van der Waals surface area contributed by atoms with E-state index >= 15 is 0 Å². The van der Waals surface area contributed by atoms with Crippen LogP contribution in [-0.2, 0) is 4.74 Å². The van der Waals surface area contributed by atoms with Crippen LogP contribution in [0.25, 0.3) is 0 Å². The highest BCUT2D eigenvalue weighted by Crippen LogP contribution is 2.34. The molecule has 1 fully saturated rings. The smallest absolute Gasteiger partial charge is 0.251 e. The van der Waals surface area contributed by atoms with Crippen molar-refractivity contribution in [2.45, 2.75) is 46.6 Å². The van der Waals surface area contributed by atoms with Crippen molar-refractivity contribution < 1.29 is 14.3 Å². The summed E-state index contributed by atoms with van der Waals surface area (Å²) < 4.78 is 5.85. The van der Waals surface area contributed by atoms with E-state index in [0.29, 0.717) is 30.1 Å². The lowest BCUT2D eigenvalue weighted by atomic mass is 9.81. The van der Waals surface area contributed by atoms with Crippen LogP contribution in [0.4, 0.5) is 0 Å². The third-order valence-electron chi connectivity index (χ3n) is 4.52. The third-order valence-corrected chi connectivity index (χ3v) is 4.52. The van der Waals surface area contributed by atoms with Gasteiger partial charge in [-0.1, -0.05) is 33.8 Å². The Morgan fingerprint density at radius 1 is 1.16 bits per heavy atom. The molecule has 2 N–H and O–H groups in total. The second kappa shape index (κ2) is 8.48. The van der Waals surface area contributed by atoms with Gasteiger partial charge in [0.2, 0.25) is 0 Å². The van der Waals surface area contributed by atoms with E-state index in [1.54, 1.807) is 24.3 Å². The summed E-state index contributed by atoms with van der Waals surface area (Å²) in [5.74, 6) is 0.0261. The van der Waals surface area contributed by atoms with Crippen LogP contribution in [-0.4, -0.2) is 37.6 Å². The van der Waals surface area contributed by atoms with Gasteiger partial charge in [0.15, 0.2) is 0 Å². The first-order chi connectivity index (χ1) is 11.8. The highest BCUT2D eigenvalue weighted by Gasteiger charge is 2.37. The zero-order chi connectivity index (χ0) is 18.4. The van der Waals surface area contributed by atoms with Gasteiger partial charge in [0.05, 0.1) is 6.10 Å². The first-order valence-electron chi connectivity index (χ1n) is 9.11. The molecule has 138 valence electrons. The lowest BCUT2D eigenvalue weighted by Gasteiger charge is -2.31. The maximum absolute atomic E-state index is 12.5. The van der Waals surface area contributed by atoms with Gasteiger partial charge in [0.25, 0.3) is 11.8 Å². The lowest BCUT2D eigenvalue weighted by Crippen LogP contribution is -2.38. The Morgan fingerprint density at radius 2 is 1.80 bits per heavy atom. The Bertz CT molecular complexity index is 607. The maximum atomic E-state index is 12.5. The predicted octanol–water partition coefficient (Wildman–Crippen LogP) is 3.01. The molecule has 1 saturated heterocycles. The zero-order valence-electron chi connectivity index (χ0n) is 15.7. The predicted molar refractivity (Wildman–Crippen MR) is 98.7 cm³/mol. The normalized spacial score (nSPS) is 20.3. The average molecular weight is 346 g/mol. The second-order valence-electron chi connectivity index (χ2n) is 7.75. The quantitative estimate of drug-likeness (QED) is 0.832. The van der Waals surface area contributed by atoms with Gasteiger partial charge >= 0.3 is 0 Å². The van der Waals surface area contributed by atoms with Crippen LogP contribution in [0.3, 0.4) is 0 Å². The van der Waals surface area contributed by atoms with Crippen LogP contribution in [0.15, 0.2) is 24.3 Å². The van der Waals surface area contributed by atoms with Crippen LogP contribution in [0, 0.1) is 11.3 Å². The Morgan fingerprint density at radius 3 is 2.40 bits per heavy atom. The minimum Gasteiger partial charge on any atom is -0.377 e. The molecule has 0 radical (unpaired) electrons. The number of amides is 2. The van der Waals surface area contributed by atoms with E-state index in [4.69, 9.17) is 4.74 Å². The number of ether oxygens (including phenoxy) is 1. The minimum atomic E-state index is -0.148. The molecule has 0 aromatic heterocycles. The molecule has 0 saturated carbocycles. The molecule has 1 heterocycles. The summed E-state index contributed by atoms with van der Waals surface area (Å²) >= 11 is 0. The van der Waals surface area contributed by atoms with Crippen molar-refractivity contribution in [1.82, 2.24) is 10.6 Å². The fraction of sp³-hybridized carbons (Fsp3) is 0.600. The van der Waals surface area contributed by atoms with E-state index in [1.165, 1.54) is 0 Å².